The first-order valence-corrected chi connectivity index (χ1v) is 11.2. The van der Waals surface area contributed by atoms with Crippen molar-refractivity contribution in [2.75, 3.05) is 5.32 Å². The highest BCUT2D eigenvalue weighted by atomic mass is 32.1. The molecule has 4 nitrogen and oxygen atoms in total. The van der Waals surface area contributed by atoms with Gasteiger partial charge in [-0.2, -0.15) is 0 Å². The monoisotopic (exact) mass is 435 g/mol. The lowest BCUT2D eigenvalue weighted by atomic mass is 10.1. The number of thiazole rings is 1. The van der Waals surface area contributed by atoms with Gasteiger partial charge in [0.2, 0.25) is 0 Å². The topological polar surface area (TPSA) is 46.9 Å². The predicted molar refractivity (Wildman–Crippen MR) is 131 cm³/mol. The molecule has 156 valence electrons. The van der Waals surface area contributed by atoms with Crippen molar-refractivity contribution in [2.24, 2.45) is 0 Å². The molecule has 2 heterocycles. The van der Waals surface area contributed by atoms with Crippen molar-refractivity contribution in [1.82, 2.24) is 9.55 Å². The van der Waals surface area contributed by atoms with Crippen molar-refractivity contribution in [3.63, 3.8) is 0 Å². The molecule has 5 aromatic rings. The Morgan fingerprint density at radius 2 is 1.50 bits per heavy atom. The molecule has 0 aliphatic rings. The molecule has 2 aromatic heterocycles. The summed E-state index contributed by atoms with van der Waals surface area (Å²) in [5.74, 6) is -0.131. The fraction of sp³-hybridized carbons (Fsp3) is 0.0370. The van der Waals surface area contributed by atoms with E-state index in [2.05, 4.69) is 24.4 Å². The number of aryl methyl sites for hydroxylation is 1. The van der Waals surface area contributed by atoms with Crippen LogP contribution in [0.1, 0.15) is 15.2 Å². The summed E-state index contributed by atoms with van der Waals surface area (Å²) >= 11 is 1.69. The van der Waals surface area contributed by atoms with Gasteiger partial charge in [0, 0.05) is 45.3 Å². The minimum Gasteiger partial charge on any atom is -0.324 e. The Kier molecular flexibility index (Phi) is 5.40. The van der Waals surface area contributed by atoms with E-state index < -0.39 is 0 Å². The number of nitrogens with zero attached hydrogens (tertiary/aromatic N) is 2. The van der Waals surface area contributed by atoms with Crippen LogP contribution in [0.25, 0.3) is 27.5 Å². The van der Waals surface area contributed by atoms with E-state index in [0.717, 1.165) is 33.2 Å². The van der Waals surface area contributed by atoms with Crippen molar-refractivity contribution >= 4 is 22.9 Å². The highest BCUT2D eigenvalue weighted by molar-refractivity contribution is 7.15. The Bertz CT molecular complexity index is 1340. The zero-order chi connectivity index (χ0) is 21.9. The number of hydrogen-bond acceptors (Lipinski definition) is 3. The number of nitrogens with one attached hydrogen (secondary N) is 1. The number of rotatable bonds is 5. The van der Waals surface area contributed by atoms with Gasteiger partial charge in [0.15, 0.2) is 0 Å². The van der Waals surface area contributed by atoms with E-state index in [1.54, 1.807) is 11.3 Å². The molecule has 0 bridgehead atoms. The summed E-state index contributed by atoms with van der Waals surface area (Å²) in [6.45, 7) is 2.09. The molecule has 0 aliphatic carbocycles. The van der Waals surface area contributed by atoms with Crippen LogP contribution in [0.15, 0.2) is 103 Å². The maximum Gasteiger partial charge on any atom is 0.255 e. The third-order valence-electron chi connectivity index (χ3n) is 5.27. The normalized spacial score (nSPS) is 10.8. The number of anilines is 1. The molecular weight excluding hydrogens is 414 g/mol. The van der Waals surface area contributed by atoms with Crippen molar-refractivity contribution in [1.29, 1.82) is 0 Å². The lowest BCUT2D eigenvalue weighted by molar-refractivity contribution is 0.102. The second-order valence-corrected chi connectivity index (χ2v) is 8.66. The number of amides is 1. The Morgan fingerprint density at radius 1 is 0.812 bits per heavy atom. The zero-order valence-corrected chi connectivity index (χ0v) is 18.3. The van der Waals surface area contributed by atoms with Crippen molar-refractivity contribution < 1.29 is 4.79 Å². The van der Waals surface area contributed by atoms with E-state index in [9.17, 15) is 4.79 Å². The highest BCUT2D eigenvalue weighted by Gasteiger charge is 2.12. The summed E-state index contributed by atoms with van der Waals surface area (Å²) in [5, 5.41) is 3.99. The Labute approximate surface area is 190 Å². The first-order valence-electron chi connectivity index (χ1n) is 10.4. The fourth-order valence-electron chi connectivity index (χ4n) is 3.57. The van der Waals surface area contributed by atoms with E-state index in [4.69, 9.17) is 4.98 Å². The molecule has 5 rings (SSSR count). The van der Waals surface area contributed by atoms with Crippen LogP contribution in [0.4, 0.5) is 5.69 Å². The third kappa shape index (κ3) is 4.11. The van der Waals surface area contributed by atoms with Gasteiger partial charge in [0.1, 0.15) is 5.01 Å². The standard InChI is InChI=1S/C27H21N3OS/c1-19-25(29-27(32-19)22-7-3-2-4-8-22)20-9-13-23(14-10-20)28-26(31)21-11-15-24(16-12-21)30-17-5-6-18-30/h2-18H,1H3,(H,28,31). The minimum atomic E-state index is -0.131. The molecule has 0 unspecified atom stereocenters. The lowest BCUT2D eigenvalue weighted by Gasteiger charge is -2.08. The van der Waals surface area contributed by atoms with Gasteiger partial charge >= 0.3 is 0 Å². The van der Waals surface area contributed by atoms with Crippen LogP contribution in [-0.2, 0) is 0 Å². The second-order valence-electron chi connectivity index (χ2n) is 7.46. The first kappa shape index (κ1) is 20.0. The molecule has 32 heavy (non-hydrogen) atoms. The van der Waals surface area contributed by atoms with Gasteiger partial charge in [-0.25, -0.2) is 4.98 Å². The van der Waals surface area contributed by atoms with Gasteiger partial charge in [-0.1, -0.05) is 42.5 Å². The van der Waals surface area contributed by atoms with E-state index in [1.807, 2.05) is 95.8 Å². The van der Waals surface area contributed by atoms with Crippen LogP contribution in [-0.4, -0.2) is 15.5 Å². The number of carbonyl (C=O) groups excluding carboxylic acids is 1. The van der Waals surface area contributed by atoms with Crippen molar-refractivity contribution in [2.45, 2.75) is 6.92 Å². The Hall–Kier alpha value is -3.96. The van der Waals surface area contributed by atoms with Crippen LogP contribution in [0.5, 0.6) is 0 Å². The second kappa shape index (κ2) is 8.65. The van der Waals surface area contributed by atoms with Crippen LogP contribution in [0.3, 0.4) is 0 Å². The van der Waals surface area contributed by atoms with E-state index >= 15 is 0 Å². The van der Waals surface area contributed by atoms with Gasteiger partial charge in [0.05, 0.1) is 5.69 Å². The maximum atomic E-state index is 12.7. The van der Waals surface area contributed by atoms with Crippen LogP contribution in [0, 0.1) is 6.92 Å². The molecule has 0 fully saturated rings. The molecule has 1 amide bonds. The van der Waals surface area contributed by atoms with Crippen molar-refractivity contribution in [3.05, 3.63) is 114 Å². The summed E-state index contributed by atoms with van der Waals surface area (Å²) in [6.07, 6.45) is 3.95. The van der Waals surface area contributed by atoms with Crippen LogP contribution >= 0.6 is 11.3 Å². The lowest BCUT2D eigenvalue weighted by Crippen LogP contribution is -2.11. The van der Waals surface area contributed by atoms with Gasteiger partial charge in [-0.3, -0.25) is 4.79 Å². The summed E-state index contributed by atoms with van der Waals surface area (Å²) in [7, 11) is 0. The summed E-state index contributed by atoms with van der Waals surface area (Å²) < 4.78 is 2.00. The Morgan fingerprint density at radius 3 is 2.19 bits per heavy atom. The van der Waals surface area contributed by atoms with Gasteiger partial charge in [-0.15, -0.1) is 11.3 Å². The molecule has 0 saturated heterocycles. The average Bonchev–Trinajstić information content (AvgIpc) is 3.51. The van der Waals surface area contributed by atoms with Gasteiger partial charge < -0.3 is 9.88 Å². The van der Waals surface area contributed by atoms with Crippen LogP contribution < -0.4 is 5.32 Å². The third-order valence-corrected chi connectivity index (χ3v) is 6.29. The molecule has 0 aliphatic heterocycles. The minimum absolute atomic E-state index is 0.131. The summed E-state index contributed by atoms with van der Waals surface area (Å²) in [6, 6.07) is 29.5. The number of carbonyl (C=O) groups is 1. The van der Waals surface area contributed by atoms with E-state index in [0.29, 0.717) is 5.56 Å². The van der Waals surface area contributed by atoms with E-state index in [-0.39, 0.29) is 5.91 Å². The molecule has 0 radical (unpaired) electrons. The van der Waals surface area contributed by atoms with Crippen LogP contribution in [0.2, 0.25) is 0 Å². The molecule has 3 aromatic carbocycles. The molecular formula is C27H21N3OS. The number of benzene rings is 3. The molecule has 1 N–H and O–H groups in total. The summed E-state index contributed by atoms with van der Waals surface area (Å²) in [4.78, 5) is 18.7. The number of aromatic nitrogens is 2. The SMILES string of the molecule is Cc1sc(-c2ccccc2)nc1-c1ccc(NC(=O)c2ccc(-n3cccc3)cc2)cc1. The highest BCUT2D eigenvalue weighted by Crippen LogP contribution is 2.33. The average molecular weight is 436 g/mol. The smallest absolute Gasteiger partial charge is 0.255 e. The fourth-order valence-corrected chi connectivity index (χ4v) is 4.52. The molecule has 0 spiro atoms. The molecule has 0 atom stereocenters. The summed E-state index contributed by atoms with van der Waals surface area (Å²) in [5.41, 5.74) is 5.53. The van der Waals surface area contributed by atoms with Crippen molar-refractivity contribution in [3.8, 4) is 27.5 Å². The quantitative estimate of drug-likeness (QED) is 0.329. The number of hydrogen-bond donors (Lipinski definition) is 1. The predicted octanol–water partition coefficient (Wildman–Crippen LogP) is 6.83. The van der Waals surface area contributed by atoms with Gasteiger partial charge in [-0.05, 0) is 55.5 Å². The largest absolute Gasteiger partial charge is 0.324 e. The van der Waals surface area contributed by atoms with E-state index in [1.165, 1.54) is 4.88 Å². The molecule has 0 saturated carbocycles. The Balaban J connectivity index is 1.30. The van der Waals surface area contributed by atoms with Gasteiger partial charge in [0.25, 0.3) is 5.91 Å². The zero-order valence-electron chi connectivity index (χ0n) is 17.5. The molecule has 5 heteroatoms. The first-order chi connectivity index (χ1) is 15.7. The maximum absolute atomic E-state index is 12.7.